The average molecular weight is 358 g/mol. The topological polar surface area (TPSA) is 72.7 Å². The summed E-state index contributed by atoms with van der Waals surface area (Å²) in [6.07, 6.45) is 1.08. The Morgan fingerprint density at radius 1 is 1.28 bits per heavy atom. The number of non-ortho nitro benzene ring substituents is 1. The zero-order valence-corrected chi connectivity index (χ0v) is 14.6. The molecular weight excluding hydrogens is 340 g/mol. The summed E-state index contributed by atoms with van der Waals surface area (Å²) in [5.41, 5.74) is 1.73. The van der Waals surface area contributed by atoms with Gasteiger partial charge in [0.25, 0.3) is 5.69 Å². The summed E-state index contributed by atoms with van der Waals surface area (Å²) in [6, 6.07) is 12.4. The summed E-state index contributed by atoms with van der Waals surface area (Å²) in [4.78, 5) is 25.7. The molecule has 0 bridgehead atoms. The van der Waals surface area contributed by atoms with Gasteiger partial charge in [0.2, 0.25) is 5.91 Å². The van der Waals surface area contributed by atoms with Gasteiger partial charge in [0.15, 0.2) is 0 Å². The Balaban J connectivity index is 1.57. The summed E-state index contributed by atoms with van der Waals surface area (Å²) in [6.45, 7) is 0.586. The first-order valence-electron chi connectivity index (χ1n) is 7.93. The van der Waals surface area contributed by atoms with Gasteiger partial charge in [0.05, 0.1) is 12.0 Å². The van der Waals surface area contributed by atoms with Gasteiger partial charge < -0.3 is 9.64 Å². The van der Waals surface area contributed by atoms with Crippen LogP contribution in [0.2, 0.25) is 0 Å². The number of carbonyl (C=O) groups is 1. The van der Waals surface area contributed by atoms with E-state index < -0.39 is 4.92 Å². The molecule has 0 radical (unpaired) electrons. The molecule has 1 heterocycles. The molecule has 0 N–H and O–H groups in total. The number of carbonyl (C=O) groups excluding carboxylic acids is 1. The number of fused-ring (bicyclic) bond motifs is 1. The molecular formula is C18H18N2O4S. The molecule has 1 aliphatic heterocycles. The van der Waals surface area contributed by atoms with Crippen LogP contribution in [0.3, 0.4) is 0 Å². The maximum absolute atomic E-state index is 12.5. The Morgan fingerprint density at radius 2 is 2.04 bits per heavy atom. The molecule has 0 saturated carbocycles. The molecule has 130 valence electrons. The SMILES string of the molecule is COc1ccc(SCCC(=O)N2CCc3cc([N+](=O)[O-])ccc32)cc1. The number of anilines is 1. The fourth-order valence-electron chi connectivity index (χ4n) is 2.82. The zero-order chi connectivity index (χ0) is 17.8. The highest BCUT2D eigenvalue weighted by atomic mass is 32.2. The van der Waals surface area contributed by atoms with E-state index in [-0.39, 0.29) is 11.6 Å². The van der Waals surface area contributed by atoms with Crippen molar-refractivity contribution in [3.8, 4) is 5.75 Å². The third-order valence-corrected chi connectivity index (χ3v) is 5.13. The first-order chi connectivity index (χ1) is 12.1. The Kier molecular flexibility index (Phi) is 5.23. The van der Waals surface area contributed by atoms with Gasteiger partial charge in [-0.3, -0.25) is 14.9 Å². The van der Waals surface area contributed by atoms with Crippen molar-refractivity contribution in [2.75, 3.05) is 24.3 Å². The molecule has 0 atom stereocenters. The minimum Gasteiger partial charge on any atom is -0.497 e. The van der Waals surface area contributed by atoms with Crippen molar-refractivity contribution >= 4 is 29.0 Å². The molecule has 1 aliphatic rings. The normalized spacial score (nSPS) is 12.8. The standard InChI is InChI=1S/C18H18N2O4S/c1-24-15-3-5-16(6-4-15)25-11-9-18(21)19-10-8-13-12-14(20(22)23)2-7-17(13)19/h2-7,12H,8-11H2,1H3. The lowest BCUT2D eigenvalue weighted by atomic mass is 10.1. The number of nitro benzene ring substituents is 1. The Hall–Kier alpha value is -2.54. The number of thioether (sulfide) groups is 1. The van der Waals surface area contributed by atoms with Crippen molar-refractivity contribution in [3.63, 3.8) is 0 Å². The van der Waals surface area contributed by atoms with Crippen LogP contribution in [0.5, 0.6) is 5.75 Å². The van der Waals surface area contributed by atoms with E-state index in [2.05, 4.69) is 0 Å². The van der Waals surface area contributed by atoms with E-state index in [1.165, 1.54) is 6.07 Å². The van der Waals surface area contributed by atoms with Crippen LogP contribution in [0, 0.1) is 10.1 Å². The van der Waals surface area contributed by atoms with Crippen LogP contribution in [-0.2, 0) is 11.2 Å². The third-order valence-electron chi connectivity index (χ3n) is 4.11. The number of ether oxygens (including phenoxy) is 1. The monoisotopic (exact) mass is 358 g/mol. The Morgan fingerprint density at radius 3 is 2.72 bits per heavy atom. The zero-order valence-electron chi connectivity index (χ0n) is 13.8. The second-order valence-electron chi connectivity index (χ2n) is 5.64. The van der Waals surface area contributed by atoms with Crippen LogP contribution in [0.15, 0.2) is 47.4 Å². The number of hydrogen-bond acceptors (Lipinski definition) is 5. The van der Waals surface area contributed by atoms with Crippen LogP contribution < -0.4 is 9.64 Å². The predicted molar refractivity (Wildman–Crippen MR) is 97.5 cm³/mol. The van der Waals surface area contributed by atoms with Gasteiger partial charge in [-0.15, -0.1) is 11.8 Å². The molecule has 0 spiro atoms. The maximum atomic E-state index is 12.5. The number of amides is 1. The largest absolute Gasteiger partial charge is 0.497 e. The molecule has 6 nitrogen and oxygen atoms in total. The van der Waals surface area contributed by atoms with E-state index in [9.17, 15) is 14.9 Å². The van der Waals surface area contributed by atoms with Gasteiger partial charge in [-0.25, -0.2) is 0 Å². The summed E-state index contributed by atoms with van der Waals surface area (Å²) < 4.78 is 5.12. The van der Waals surface area contributed by atoms with E-state index in [1.807, 2.05) is 24.3 Å². The molecule has 3 rings (SSSR count). The number of rotatable bonds is 6. The summed E-state index contributed by atoms with van der Waals surface area (Å²) in [5, 5.41) is 10.8. The fraction of sp³-hybridized carbons (Fsp3) is 0.278. The van der Waals surface area contributed by atoms with E-state index >= 15 is 0 Å². The number of hydrogen-bond donors (Lipinski definition) is 0. The summed E-state index contributed by atoms with van der Waals surface area (Å²) in [5.74, 6) is 1.54. The van der Waals surface area contributed by atoms with Gasteiger partial charge in [0, 0.05) is 41.4 Å². The number of nitro groups is 1. The molecule has 0 aromatic heterocycles. The molecule has 2 aromatic carbocycles. The van der Waals surface area contributed by atoms with Crippen molar-refractivity contribution in [2.45, 2.75) is 17.7 Å². The second-order valence-corrected chi connectivity index (χ2v) is 6.81. The van der Waals surface area contributed by atoms with Crippen LogP contribution in [0.4, 0.5) is 11.4 Å². The lowest BCUT2D eigenvalue weighted by Crippen LogP contribution is -2.29. The summed E-state index contributed by atoms with van der Waals surface area (Å²) >= 11 is 1.62. The predicted octanol–water partition coefficient (Wildman–Crippen LogP) is 3.67. The van der Waals surface area contributed by atoms with Gasteiger partial charge in [-0.05, 0) is 42.3 Å². The molecule has 0 aliphatic carbocycles. The minimum atomic E-state index is -0.406. The third kappa shape index (κ3) is 3.93. The van der Waals surface area contributed by atoms with Gasteiger partial charge >= 0.3 is 0 Å². The van der Waals surface area contributed by atoms with E-state index in [0.717, 1.165) is 21.9 Å². The molecule has 0 fully saturated rings. The second kappa shape index (κ2) is 7.57. The van der Waals surface area contributed by atoms with E-state index in [0.29, 0.717) is 25.1 Å². The molecule has 25 heavy (non-hydrogen) atoms. The number of methoxy groups -OCH3 is 1. The average Bonchev–Trinajstić information content (AvgIpc) is 3.05. The van der Waals surface area contributed by atoms with Gasteiger partial charge in [-0.1, -0.05) is 0 Å². The first kappa shape index (κ1) is 17.3. The van der Waals surface area contributed by atoms with Gasteiger partial charge in [-0.2, -0.15) is 0 Å². The van der Waals surface area contributed by atoms with Crippen LogP contribution in [0.25, 0.3) is 0 Å². The number of benzene rings is 2. The number of nitrogens with zero attached hydrogens (tertiary/aromatic N) is 2. The molecule has 1 amide bonds. The molecule has 0 unspecified atom stereocenters. The molecule has 0 saturated heterocycles. The fourth-order valence-corrected chi connectivity index (χ4v) is 3.66. The molecule has 7 heteroatoms. The Bertz CT molecular complexity index is 792. The van der Waals surface area contributed by atoms with E-state index in [4.69, 9.17) is 4.74 Å². The van der Waals surface area contributed by atoms with Crippen LogP contribution >= 0.6 is 11.8 Å². The summed E-state index contributed by atoms with van der Waals surface area (Å²) in [7, 11) is 1.63. The lowest BCUT2D eigenvalue weighted by Gasteiger charge is -2.17. The van der Waals surface area contributed by atoms with Crippen molar-refractivity contribution in [1.29, 1.82) is 0 Å². The highest BCUT2D eigenvalue weighted by molar-refractivity contribution is 7.99. The lowest BCUT2D eigenvalue weighted by molar-refractivity contribution is -0.384. The van der Waals surface area contributed by atoms with Crippen molar-refractivity contribution in [1.82, 2.24) is 0 Å². The van der Waals surface area contributed by atoms with Crippen LogP contribution in [0.1, 0.15) is 12.0 Å². The van der Waals surface area contributed by atoms with Gasteiger partial charge in [0.1, 0.15) is 5.75 Å². The highest BCUT2D eigenvalue weighted by Crippen LogP contribution is 2.32. The first-order valence-corrected chi connectivity index (χ1v) is 8.91. The van der Waals surface area contributed by atoms with Crippen molar-refractivity contribution in [2.24, 2.45) is 0 Å². The maximum Gasteiger partial charge on any atom is 0.269 e. The highest BCUT2D eigenvalue weighted by Gasteiger charge is 2.25. The smallest absolute Gasteiger partial charge is 0.269 e. The quantitative estimate of drug-likeness (QED) is 0.447. The molecule has 2 aromatic rings. The minimum absolute atomic E-state index is 0.0496. The van der Waals surface area contributed by atoms with E-state index in [1.54, 1.807) is 35.9 Å². The Labute approximate surface area is 149 Å². The van der Waals surface area contributed by atoms with Crippen molar-refractivity contribution in [3.05, 3.63) is 58.1 Å². The van der Waals surface area contributed by atoms with Crippen LogP contribution in [-0.4, -0.2) is 30.2 Å². The van der Waals surface area contributed by atoms with Crippen molar-refractivity contribution < 1.29 is 14.5 Å².